The lowest BCUT2D eigenvalue weighted by molar-refractivity contribution is -0.141. The topological polar surface area (TPSA) is 79.3 Å². The zero-order chi connectivity index (χ0) is 14.7. The minimum atomic E-state index is -0.763. The fourth-order valence-corrected chi connectivity index (χ4v) is 3.64. The zero-order valence-electron chi connectivity index (χ0n) is 11.8. The van der Waals surface area contributed by atoms with Gasteiger partial charge >= 0.3 is 5.97 Å². The fraction of sp³-hybridized carbons (Fsp3) is 0.643. The number of carbonyl (C=O) groups is 2. The van der Waals surface area contributed by atoms with E-state index in [1.165, 1.54) is 11.3 Å². The van der Waals surface area contributed by atoms with Crippen molar-refractivity contribution >= 4 is 23.2 Å². The van der Waals surface area contributed by atoms with Crippen LogP contribution in [0.15, 0.2) is 0 Å². The summed E-state index contributed by atoms with van der Waals surface area (Å²) < 4.78 is 0. The summed E-state index contributed by atoms with van der Waals surface area (Å²) in [5, 5.41) is 12.9. The van der Waals surface area contributed by atoms with Crippen LogP contribution in [0.5, 0.6) is 0 Å². The van der Waals surface area contributed by atoms with Crippen molar-refractivity contribution in [2.75, 3.05) is 0 Å². The third kappa shape index (κ3) is 3.36. The highest BCUT2D eigenvalue weighted by molar-refractivity contribution is 7.13. The van der Waals surface area contributed by atoms with Crippen LogP contribution in [0.4, 0.5) is 0 Å². The number of carboxylic acids is 1. The van der Waals surface area contributed by atoms with Crippen LogP contribution in [0.3, 0.4) is 0 Å². The Morgan fingerprint density at radius 1 is 1.45 bits per heavy atom. The Morgan fingerprint density at radius 3 is 2.80 bits per heavy atom. The van der Waals surface area contributed by atoms with E-state index in [9.17, 15) is 9.59 Å². The Bertz CT molecular complexity index is 513. The summed E-state index contributed by atoms with van der Waals surface area (Å²) >= 11 is 1.44. The maximum atomic E-state index is 12.2. The summed E-state index contributed by atoms with van der Waals surface area (Å²) in [6, 6.07) is -0.0280. The van der Waals surface area contributed by atoms with Gasteiger partial charge in [0, 0.05) is 6.04 Å². The number of nitrogens with one attached hydrogen (secondary N) is 1. The van der Waals surface area contributed by atoms with Crippen molar-refractivity contribution in [1.82, 2.24) is 10.3 Å². The number of nitrogens with zero attached hydrogens (tertiary/aromatic N) is 1. The van der Waals surface area contributed by atoms with Gasteiger partial charge in [0.15, 0.2) is 0 Å². The van der Waals surface area contributed by atoms with Gasteiger partial charge in [-0.3, -0.25) is 9.59 Å². The quantitative estimate of drug-likeness (QED) is 0.874. The van der Waals surface area contributed by atoms with Gasteiger partial charge in [0.2, 0.25) is 0 Å². The number of hydrogen-bond donors (Lipinski definition) is 2. The van der Waals surface area contributed by atoms with Crippen LogP contribution >= 0.6 is 11.3 Å². The smallest absolute Gasteiger partial charge is 0.306 e. The number of amides is 1. The molecule has 2 rings (SSSR count). The largest absolute Gasteiger partial charge is 0.481 e. The molecule has 1 aromatic heterocycles. The van der Waals surface area contributed by atoms with Gasteiger partial charge in [-0.1, -0.05) is 6.92 Å². The molecule has 0 unspecified atom stereocenters. The Balaban J connectivity index is 1.97. The Morgan fingerprint density at radius 2 is 2.20 bits per heavy atom. The molecule has 2 atom stereocenters. The van der Waals surface area contributed by atoms with Crippen molar-refractivity contribution in [1.29, 1.82) is 0 Å². The second kappa shape index (κ2) is 6.35. The molecule has 6 heteroatoms. The van der Waals surface area contributed by atoms with E-state index in [1.54, 1.807) is 0 Å². The van der Waals surface area contributed by atoms with Gasteiger partial charge in [0.1, 0.15) is 4.88 Å². The highest BCUT2D eigenvalue weighted by Crippen LogP contribution is 2.27. The van der Waals surface area contributed by atoms with Gasteiger partial charge in [-0.05, 0) is 39.0 Å². The second-order valence-corrected chi connectivity index (χ2v) is 6.37. The van der Waals surface area contributed by atoms with Crippen molar-refractivity contribution in [2.45, 2.75) is 52.0 Å². The highest BCUT2D eigenvalue weighted by Gasteiger charge is 2.31. The first-order chi connectivity index (χ1) is 9.51. The molecule has 0 bridgehead atoms. The molecular weight excluding hydrogens is 276 g/mol. The third-order valence-corrected chi connectivity index (χ3v) is 4.84. The molecule has 1 fully saturated rings. The number of hydrogen-bond acceptors (Lipinski definition) is 4. The van der Waals surface area contributed by atoms with Gasteiger partial charge in [-0.2, -0.15) is 0 Å². The van der Waals surface area contributed by atoms with Crippen LogP contribution in [0.1, 0.15) is 53.0 Å². The number of aromatic nitrogens is 1. The predicted octanol–water partition coefficient (Wildman–Crippen LogP) is 2.39. The predicted molar refractivity (Wildman–Crippen MR) is 77.1 cm³/mol. The first-order valence-electron chi connectivity index (χ1n) is 7.01. The van der Waals surface area contributed by atoms with Crippen LogP contribution in [-0.4, -0.2) is 28.0 Å². The Labute approximate surface area is 122 Å². The summed E-state index contributed by atoms with van der Waals surface area (Å²) in [5.41, 5.74) is 0.767. The lowest BCUT2D eigenvalue weighted by Crippen LogP contribution is -2.33. The molecular formula is C14H20N2O3S. The SMILES string of the molecule is CCCc1nc(C)c(C(=O)N[C@@H]2CC[C@H](C(=O)O)C2)s1. The average Bonchev–Trinajstić information content (AvgIpc) is 2.97. The molecule has 2 N–H and O–H groups in total. The summed E-state index contributed by atoms with van der Waals surface area (Å²) in [7, 11) is 0. The minimum absolute atomic E-state index is 0.0280. The molecule has 1 aliphatic carbocycles. The van der Waals surface area contributed by atoms with Crippen molar-refractivity contribution < 1.29 is 14.7 Å². The van der Waals surface area contributed by atoms with Crippen molar-refractivity contribution in [3.63, 3.8) is 0 Å². The van der Waals surface area contributed by atoms with Crippen molar-refractivity contribution in [3.05, 3.63) is 15.6 Å². The number of aliphatic carboxylic acids is 1. The van der Waals surface area contributed by atoms with E-state index >= 15 is 0 Å². The van der Waals surface area contributed by atoms with Crippen LogP contribution in [-0.2, 0) is 11.2 Å². The maximum Gasteiger partial charge on any atom is 0.306 e. The number of thiazole rings is 1. The van der Waals surface area contributed by atoms with Gasteiger partial charge in [-0.25, -0.2) is 4.98 Å². The zero-order valence-corrected chi connectivity index (χ0v) is 12.6. The molecule has 1 aliphatic rings. The van der Waals surface area contributed by atoms with Gasteiger partial charge in [-0.15, -0.1) is 11.3 Å². The molecule has 110 valence electrons. The lowest BCUT2D eigenvalue weighted by atomic mass is 10.1. The standard InChI is InChI=1S/C14H20N2O3S/c1-3-4-11-15-8(2)12(20-11)13(17)16-10-6-5-9(7-10)14(18)19/h9-10H,3-7H2,1-2H3,(H,16,17)(H,18,19)/t9-,10+/m0/s1. The normalized spacial score (nSPS) is 21.9. The molecule has 5 nitrogen and oxygen atoms in total. The minimum Gasteiger partial charge on any atom is -0.481 e. The average molecular weight is 296 g/mol. The summed E-state index contributed by atoms with van der Waals surface area (Å²) in [5.74, 6) is -1.20. The summed E-state index contributed by atoms with van der Waals surface area (Å²) in [6.45, 7) is 3.93. The van der Waals surface area contributed by atoms with E-state index in [-0.39, 0.29) is 17.9 Å². The highest BCUT2D eigenvalue weighted by atomic mass is 32.1. The first-order valence-corrected chi connectivity index (χ1v) is 7.82. The van der Waals surface area contributed by atoms with E-state index < -0.39 is 5.97 Å². The molecule has 0 aromatic carbocycles. The molecule has 1 saturated carbocycles. The molecule has 0 saturated heterocycles. The molecule has 0 aliphatic heterocycles. The second-order valence-electron chi connectivity index (χ2n) is 5.29. The molecule has 20 heavy (non-hydrogen) atoms. The van der Waals surface area contributed by atoms with Crippen LogP contribution in [0.2, 0.25) is 0 Å². The molecule has 1 amide bonds. The Hall–Kier alpha value is -1.43. The molecule has 1 aromatic rings. The number of carbonyl (C=O) groups excluding carboxylic acids is 1. The molecule has 0 radical (unpaired) electrons. The van der Waals surface area contributed by atoms with Crippen LogP contribution in [0, 0.1) is 12.8 Å². The van der Waals surface area contributed by atoms with Crippen molar-refractivity contribution in [2.24, 2.45) is 5.92 Å². The maximum absolute atomic E-state index is 12.2. The van der Waals surface area contributed by atoms with Crippen LogP contribution in [0.25, 0.3) is 0 Å². The van der Waals surface area contributed by atoms with E-state index in [2.05, 4.69) is 17.2 Å². The monoisotopic (exact) mass is 296 g/mol. The molecule has 1 heterocycles. The summed E-state index contributed by atoms with van der Waals surface area (Å²) in [6.07, 6.45) is 3.81. The lowest BCUT2D eigenvalue weighted by Gasteiger charge is -2.11. The fourth-order valence-electron chi connectivity index (χ4n) is 2.57. The van der Waals surface area contributed by atoms with Crippen LogP contribution < -0.4 is 5.32 Å². The van der Waals surface area contributed by atoms with E-state index in [0.717, 1.165) is 30.0 Å². The third-order valence-electron chi connectivity index (χ3n) is 3.63. The van der Waals surface area contributed by atoms with Gasteiger partial charge in [0.05, 0.1) is 16.6 Å². The number of rotatable bonds is 5. The van der Waals surface area contributed by atoms with Gasteiger partial charge < -0.3 is 10.4 Å². The number of aryl methyl sites for hydroxylation is 2. The van der Waals surface area contributed by atoms with Gasteiger partial charge in [0.25, 0.3) is 5.91 Å². The number of carboxylic acid groups (broad SMARTS) is 1. The Kier molecular flexibility index (Phi) is 4.75. The molecule has 0 spiro atoms. The van der Waals surface area contributed by atoms with E-state index in [4.69, 9.17) is 5.11 Å². The van der Waals surface area contributed by atoms with Crippen molar-refractivity contribution in [3.8, 4) is 0 Å². The van der Waals surface area contributed by atoms with E-state index in [0.29, 0.717) is 17.7 Å². The van der Waals surface area contributed by atoms with E-state index in [1.807, 2.05) is 6.92 Å². The summed E-state index contributed by atoms with van der Waals surface area (Å²) in [4.78, 5) is 28.2. The first kappa shape index (κ1) is 15.0.